The molecule has 0 unspecified atom stereocenters. The lowest BCUT2D eigenvalue weighted by atomic mass is 9.50. The zero-order valence-corrected chi connectivity index (χ0v) is 16.2. The number of aliphatic hydroxyl groups excluding tert-OH is 1. The molecule has 2 N–H and O–H groups in total. The zero-order valence-electron chi connectivity index (χ0n) is 16.2. The summed E-state index contributed by atoms with van der Waals surface area (Å²) in [6.07, 6.45) is 13.2. The summed E-state index contributed by atoms with van der Waals surface area (Å²) in [5.41, 5.74) is 3.26. The Morgan fingerprint density at radius 2 is 2.15 bits per heavy atom. The molecule has 144 valence electrons. The molecule has 0 aliphatic heterocycles. The number of fused-ring (bicyclic) bond motifs is 6. The number of allylic oxidation sites excluding steroid dienone is 5. The standard InChI is InChI=1S/C24H30O3/c1-3-14-13-23(2)22(19-12-20(19)24(23,27)9-4-10-25)18-7-5-15-11-16(26)6-8-17(15)21(14)18/h3-4,9,11,14,18-20,22,25,27H,1,5-8,10,12-13H2,2H3/b9-4+/t14-,18+,19+,20-,22+,23-,24-/m0/s1. The van der Waals surface area contributed by atoms with Crippen LogP contribution < -0.4 is 0 Å². The number of carbonyl (C=O) groups excluding carboxylic acids is 1. The van der Waals surface area contributed by atoms with Crippen LogP contribution in [-0.4, -0.2) is 28.2 Å². The van der Waals surface area contributed by atoms with Gasteiger partial charge in [0, 0.05) is 11.8 Å². The molecule has 0 aromatic rings. The lowest BCUT2D eigenvalue weighted by molar-refractivity contribution is -0.114. The van der Waals surface area contributed by atoms with Gasteiger partial charge < -0.3 is 10.2 Å². The summed E-state index contributed by atoms with van der Waals surface area (Å²) in [6.45, 7) is 6.41. The fourth-order valence-electron chi connectivity index (χ4n) is 7.52. The van der Waals surface area contributed by atoms with Crippen LogP contribution in [0.25, 0.3) is 0 Å². The second kappa shape index (κ2) is 5.78. The Bertz CT molecular complexity index is 802. The minimum atomic E-state index is -0.818. The first kappa shape index (κ1) is 17.6. The van der Waals surface area contributed by atoms with E-state index in [2.05, 4.69) is 19.6 Å². The molecule has 0 radical (unpaired) electrons. The maximum Gasteiger partial charge on any atom is 0.156 e. The predicted octanol–water partition coefficient (Wildman–Crippen LogP) is 3.74. The van der Waals surface area contributed by atoms with E-state index in [4.69, 9.17) is 0 Å². The molecule has 5 aliphatic rings. The van der Waals surface area contributed by atoms with E-state index in [1.165, 1.54) is 11.1 Å². The highest BCUT2D eigenvalue weighted by Gasteiger charge is 2.75. The summed E-state index contributed by atoms with van der Waals surface area (Å²) in [4.78, 5) is 11.9. The summed E-state index contributed by atoms with van der Waals surface area (Å²) in [6, 6.07) is 0. The third kappa shape index (κ3) is 2.19. The van der Waals surface area contributed by atoms with Crippen LogP contribution in [0.15, 0.2) is 47.6 Å². The quantitative estimate of drug-likeness (QED) is 0.748. The van der Waals surface area contributed by atoms with Crippen molar-refractivity contribution in [2.75, 3.05) is 6.61 Å². The van der Waals surface area contributed by atoms with Crippen molar-refractivity contribution in [1.29, 1.82) is 0 Å². The molecule has 0 aromatic heterocycles. The van der Waals surface area contributed by atoms with Crippen LogP contribution in [0.4, 0.5) is 0 Å². The molecule has 0 heterocycles. The van der Waals surface area contributed by atoms with Crippen molar-refractivity contribution in [3.63, 3.8) is 0 Å². The largest absolute Gasteiger partial charge is 0.392 e. The number of ketones is 1. The van der Waals surface area contributed by atoms with Crippen LogP contribution >= 0.6 is 0 Å². The minimum absolute atomic E-state index is 0.0216. The van der Waals surface area contributed by atoms with Gasteiger partial charge in [-0.05, 0) is 78.9 Å². The van der Waals surface area contributed by atoms with Gasteiger partial charge in [-0.1, -0.05) is 30.7 Å². The van der Waals surface area contributed by atoms with Gasteiger partial charge >= 0.3 is 0 Å². The SMILES string of the molecule is C=C[C@H]1C[C@@]2(C)[C@@H]([C@@H]3C[C@@H]3[C@@]2(O)/C=C/CO)[C@@H]2CCC3=CC(=O)CCC3=C21. The average Bonchev–Trinajstić information content (AvgIpc) is 3.41. The monoisotopic (exact) mass is 366 g/mol. The topological polar surface area (TPSA) is 57.5 Å². The molecule has 3 nitrogen and oxygen atoms in total. The summed E-state index contributed by atoms with van der Waals surface area (Å²) in [5.74, 6) is 2.46. The van der Waals surface area contributed by atoms with Gasteiger partial charge in [0.05, 0.1) is 12.2 Å². The van der Waals surface area contributed by atoms with Crippen LogP contribution in [0.5, 0.6) is 0 Å². The molecule has 0 bridgehead atoms. The molecular weight excluding hydrogens is 336 g/mol. The van der Waals surface area contributed by atoms with Crippen molar-refractivity contribution in [1.82, 2.24) is 0 Å². The molecule has 3 heteroatoms. The van der Waals surface area contributed by atoms with Crippen LogP contribution in [0.2, 0.25) is 0 Å². The van der Waals surface area contributed by atoms with E-state index in [9.17, 15) is 15.0 Å². The maximum absolute atomic E-state index is 11.9. The van der Waals surface area contributed by atoms with Crippen LogP contribution in [0, 0.1) is 35.0 Å². The zero-order chi connectivity index (χ0) is 19.0. The molecule has 0 spiro atoms. The molecular formula is C24H30O3. The molecule has 5 aliphatic carbocycles. The molecule has 0 saturated heterocycles. The van der Waals surface area contributed by atoms with Crippen molar-refractivity contribution in [2.24, 2.45) is 35.0 Å². The van der Waals surface area contributed by atoms with Gasteiger partial charge in [-0.2, -0.15) is 0 Å². The van der Waals surface area contributed by atoms with E-state index in [1.54, 1.807) is 11.6 Å². The second-order valence-electron chi connectivity index (χ2n) is 9.62. The van der Waals surface area contributed by atoms with E-state index in [-0.39, 0.29) is 23.7 Å². The van der Waals surface area contributed by atoms with Crippen molar-refractivity contribution in [3.8, 4) is 0 Å². The number of rotatable bonds is 3. The summed E-state index contributed by atoms with van der Waals surface area (Å²) >= 11 is 0. The van der Waals surface area contributed by atoms with Crippen molar-refractivity contribution in [3.05, 3.63) is 47.6 Å². The normalized spacial score (nSPS) is 47.9. The number of aliphatic hydroxyl groups is 2. The van der Waals surface area contributed by atoms with Crippen LogP contribution in [-0.2, 0) is 4.79 Å². The smallest absolute Gasteiger partial charge is 0.156 e. The Morgan fingerprint density at radius 3 is 2.89 bits per heavy atom. The third-order valence-corrected chi connectivity index (χ3v) is 8.57. The average molecular weight is 367 g/mol. The van der Waals surface area contributed by atoms with Crippen molar-refractivity contribution < 1.29 is 15.0 Å². The van der Waals surface area contributed by atoms with Gasteiger partial charge in [0.1, 0.15) is 0 Å². The third-order valence-electron chi connectivity index (χ3n) is 8.57. The molecule has 3 fully saturated rings. The van der Waals surface area contributed by atoms with Gasteiger partial charge in [0.15, 0.2) is 5.78 Å². The first-order valence-electron chi connectivity index (χ1n) is 10.5. The first-order valence-corrected chi connectivity index (χ1v) is 10.5. The fourth-order valence-corrected chi connectivity index (χ4v) is 7.52. The van der Waals surface area contributed by atoms with E-state index in [0.29, 0.717) is 30.1 Å². The van der Waals surface area contributed by atoms with Crippen molar-refractivity contribution >= 4 is 5.78 Å². The fraction of sp³-hybridized carbons (Fsp3) is 0.625. The Labute approximate surface area is 161 Å². The molecule has 0 aromatic carbocycles. The van der Waals surface area contributed by atoms with Crippen LogP contribution in [0.1, 0.15) is 45.4 Å². The maximum atomic E-state index is 11.9. The number of carbonyl (C=O) groups is 1. The van der Waals surface area contributed by atoms with Gasteiger partial charge in [0.25, 0.3) is 0 Å². The Kier molecular flexibility index (Phi) is 3.77. The van der Waals surface area contributed by atoms with E-state index >= 15 is 0 Å². The van der Waals surface area contributed by atoms with Gasteiger partial charge in [-0.25, -0.2) is 0 Å². The number of hydrogen-bond donors (Lipinski definition) is 2. The van der Waals surface area contributed by atoms with Crippen LogP contribution in [0.3, 0.4) is 0 Å². The minimum Gasteiger partial charge on any atom is -0.392 e. The Hall–Kier alpha value is -1.45. The Morgan fingerprint density at radius 1 is 1.33 bits per heavy atom. The van der Waals surface area contributed by atoms with Gasteiger partial charge in [-0.3, -0.25) is 4.79 Å². The highest BCUT2D eigenvalue weighted by molar-refractivity contribution is 5.93. The summed E-state index contributed by atoms with van der Waals surface area (Å²) in [7, 11) is 0. The molecule has 3 saturated carbocycles. The predicted molar refractivity (Wildman–Crippen MR) is 105 cm³/mol. The van der Waals surface area contributed by atoms with Crippen molar-refractivity contribution in [2.45, 2.75) is 51.0 Å². The lowest BCUT2D eigenvalue weighted by Gasteiger charge is -2.55. The summed E-state index contributed by atoms with van der Waals surface area (Å²) in [5, 5.41) is 21.1. The molecule has 0 amide bonds. The van der Waals surface area contributed by atoms with E-state index in [1.807, 2.05) is 12.2 Å². The van der Waals surface area contributed by atoms with E-state index < -0.39 is 5.60 Å². The first-order chi connectivity index (χ1) is 12.9. The summed E-state index contributed by atoms with van der Waals surface area (Å²) < 4.78 is 0. The number of hydrogen-bond acceptors (Lipinski definition) is 3. The molecule has 5 rings (SSSR count). The van der Waals surface area contributed by atoms with Gasteiger partial charge in [-0.15, -0.1) is 6.58 Å². The second-order valence-corrected chi connectivity index (χ2v) is 9.62. The molecule has 7 atom stereocenters. The van der Waals surface area contributed by atoms with Gasteiger partial charge in [0.2, 0.25) is 0 Å². The lowest BCUT2D eigenvalue weighted by Crippen LogP contribution is -2.53. The Balaban J connectivity index is 1.63. The molecule has 27 heavy (non-hydrogen) atoms. The highest BCUT2D eigenvalue weighted by atomic mass is 16.3. The van der Waals surface area contributed by atoms with E-state index in [0.717, 1.165) is 32.1 Å². The highest BCUT2D eigenvalue weighted by Crippen LogP contribution is 2.76.